The summed E-state index contributed by atoms with van der Waals surface area (Å²) < 4.78 is 1.70. The molecule has 0 saturated heterocycles. The number of fused-ring (bicyclic) bond motifs is 1. The minimum atomic E-state index is -0.932. The van der Waals surface area contributed by atoms with Crippen molar-refractivity contribution in [3.05, 3.63) is 35.7 Å². The van der Waals surface area contributed by atoms with Gasteiger partial charge in [-0.3, -0.25) is 0 Å². The van der Waals surface area contributed by atoms with E-state index < -0.39 is 5.97 Å². The van der Waals surface area contributed by atoms with Crippen molar-refractivity contribution in [3.8, 4) is 0 Å². The fourth-order valence-corrected chi connectivity index (χ4v) is 1.68. The maximum atomic E-state index is 10.9. The molecule has 15 heavy (non-hydrogen) atoms. The lowest BCUT2D eigenvalue weighted by atomic mass is 10.2. The molecular weight excluding hydrogens is 192 g/mol. The van der Waals surface area contributed by atoms with Gasteiger partial charge in [-0.25, -0.2) is 9.31 Å². The van der Waals surface area contributed by atoms with Gasteiger partial charge < -0.3 is 5.11 Å². The summed E-state index contributed by atoms with van der Waals surface area (Å²) in [5, 5.41) is 13.0. The van der Waals surface area contributed by atoms with Gasteiger partial charge in [0.25, 0.3) is 0 Å². The van der Waals surface area contributed by atoms with E-state index >= 15 is 0 Å². The van der Waals surface area contributed by atoms with E-state index in [0.29, 0.717) is 5.52 Å². The Morgan fingerprint density at radius 1 is 1.53 bits per heavy atom. The number of hydrogen-bond acceptors (Lipinski definition) is 2. The monoisotopic (exact) mass is 204 g/mol. The first-order valence-electron chi connectivity index (χ1n) is 4.93. The summed E-state index contributed by atoms with van der Waals surface area (Å²) in [4.78, 5) is 10.9. The summed E-state index contributed by atoms with van der Waals surface area (Å²) in [6.07, 6.45) is 3.32. The summed E-state index contributed by atoms with van der Waals surface area (Å²) in [6, 6.07) is 5.61. The number of rotatable bonds is 3. The largest absolute Gasteiger partial charge is 0.478 e. The highest BCUT2D eigenvalue weighted by molar-refractivity contribution is 5.95. The van der Waals surface area contributed by atoms with E-state index in [9.17, 15) is 4.79 Å². The number of pyridine rings is 1. The lowest BCUT2D eigenvalue weighted by Gasteiger charge is -2.02. The second-order valence-electron chi connectivity index (χ2n) is 3.43. The lowest BCUT2D eigenvalue weighted by Crippen LogP contribution is -1.99. The Kier molecular flexibility index (Phi) is 2.41. The molecule has 4 heteroatoms. The summed E-state index contributed by atoms with van der Waals surface area (Å²) in [6.45, 7) is 2.08. The molecule has 0 unspecified atom stereocenters. The standard InChI is InChI=1S/C11H12N2O2/c1-2-4-8-5-3-6-10-9(11(14)15)7-12-13(8)10/h3,5-7H,2,4H2,1H3,(H,14,15). The third-order valence-corrected chi connectivity index (χ3v) is 2.36. The molecule has 1 N–H and O–H groups in total. The van der Waals surface area contributed by atoms with Crippen LogP contribution in [0.3, 0.4) is 0 Å². The first-order valence-corrected chi connectivity index (χ1v) is 4.93. The zero-order valence-electron chi connectivity index (χ0n) is 8.47. The Bertz CT molecular complexity index is 502. The Morgan fingerprint density at radius 2 is 2.33 bits per heavy atom. The molecule has 2 aromatic heterocycles. The number of carboxylic acids is 1. The molecule has 2 aromatic rings. The zero-order chi connectivity index (χ0) is 10.8. The molecule has 0 fully saturated rings. The molecule has 0 saturated carbocycles. The average Bonchev–Trinajstić information content (AvgIpc) is 2.62. The van der Waals surface area contributed by atoms with Crippen molar-refractivity contribution < 1.29 is 9.90 Å². The first-order chi connectivity index (χ1) is 7.24. The van der Waals surface area contributed by atoms with Crippen LogP contribution < -0.4 is 0 Å². The van der Waals surface area contributed by atoms with Crippen molar-refractivity contribution in [2.75, 3.05) is 0 Å². The molecule has 0 aliphatic heterocycles. The molecule has 4 nitrogen and oxygen atoms in total. The quantitative estimate of drug-likeness (QED) is 0.831. The lowest BCUT2D eigenvalue weighted by molar-refractivity contribution is 0.0699. The van der Waals surface area contributed by atoms with Gasteiger partial charge in [-0.2, -0.15) is 5.10 Å². The SMILES string of the molecule is CCCc1cccc2c(C(=O)O)cnn12. The van der Waals surface area contributed by atoms with Gasteiger partial charge in [-0.05, 0) is 18.6 Å². The van der Waals surface area contributed by atoms with Crippen molar-refractivity contribution in [3.63, 3.8) is 0 Å². The topological polar surface area (TPSA) is 54.6 Å². The number of carboxylic acid groups (broad SMARTS) is 1. The van der Waals surface area contributed by atoms with Gasteiger partial charge in [0.05, 0.1) is 11.7 Å². The second kappa shape index (κ2) is 3.73. The average molecular weight is 204 g/mol. The Morgan fingerprint density at radius 3 is 3.00 bits per heavy atom. The second-order valence-corrected chi connectivity index (χ2v) is 3.43. The number of carbonyl (C=O) groups is 1. The normalized spacial score (nSPS) is 10.7. The Hall–Kier alpha value is -1.84. The minimum Gasteiger partial charge on any atom is -0.478 e. The predicted molar refractivity (Wildman–Crippen MR) is 56.1 cm³/mol. The summed E-state index contributed by atoms with van der Waals surface area (Å²) in [5.41, 5.74) is 1.96. The van der Waals surface area contributed by atoms with Crippen molar-refractivity contribution in [1.29, 1.82) is 0 Å². The highest BCUT2D eigenvalue weighted by Gasteiger charge is 2.11. The van der Waals surface area contributed by atoms with E-state index in [1.165, 1.54) is 6.20 Å². The molecule has 0 spiro atoms. The molecule has 0 aliphatic carbocycles. The molecule has 0 amide bonds. The Balaban J connectivity index is 2.63. The van der Waals surface area contributed by atoms with Gasteiger partial charge in [0, 0.05) is 5.69 Å². The van der Waals surface area contributed by atoms with Gasteiger partial charge in [0.15, 0.2) is 0 Å². The van der Waals surface area contributed by atoms with Crippen LogP contribution >= 0.6 is 0 Å². The van der Waals surface area contributed by atoms with Crippen molar-refractivity contribution in [2.24, 2.45) is 0 Å². The number of hydrogen-bond donors (Lipinski definition) is 1. The van der Waals surface area contributed by atoms with Crippen LogP contribution in [-0.2, 0) is 6.42 Å². The van der Waals surface area contributed by atoms with E-state index in [4.69, 9.17) is 5.11 Å². The maximum absolute atomic E-state index is 10.9. The third-order valence-electron chi connectivity index (χ3n) is 2.36. The van der Waals surface area contributed by atoms with Crippen LogP contribution in [0.25, 0.3) is 5.52 Å². The minimum absolute atomic E-state index is 0.257. The fraction of sp³-hybridized carbons (Fsp3) is 0.273. The third kappa shape index (κ3) is 1.58. The maximum Gasteiger partial charge on any atom is 0.339 e. The van der Waals surface area contributed by atoms with Gasteiger partial charge in [0.1, 0.15) is 5.56 Å². The van der Waals surface area contributed by atoms with Crippen molar-refractivity contribution in [1.82, 2.24) is 9.61 Å². The van der Waals surface area contributed by atoms with Gasteiger partial charge >= 0.3 is 5.97 Å². The van der Waals surface area contributed by atoms with E-state index in [2.05, 4.69) is 12.0 Å². The molecule has 78 valence electrons. The number of aromatic nitrogens is 2. The van der Waals surface area contributed by atoms with Crippen LogP contribution in [0.5, 0.6) is 0 Å². The zero-order valence-corrected chi connectivity index (χ0v) is 8.47. The van der Waals surface area contributed by atoms with E-state index in [1.807, 2.05) is 12.1 Å². The molecule has 2 heterocycles. The highest BCUT2D eigenvalue weighted by atomic mass is 16.4. The molecular formula is C11H12N2O2. The molecule has 0 atom stereocenters. The molecule has 2 rings (SSSR count). The molecule has 0 aliphatic rings. The fourth-order valence-electron chi connectivity index (χ4n) is 1.68. The first kappa shape index (κ1) is 9.71. The highest BCUT2D eigenvalue weighted by Crippen LogP contribution is 2.13. The van der Waals surface area contributed by atoms with Crippen LogP contribution in [0.4, 0.5) is 0 Å². The Labute approximate surface area is 87.2 Å². The number of aryl methyl sites for hydroxylation is 1. The van der Waals surface area contributed by atoms with Crippen LogP contribution in [0.1, 0.15) is 29.4 Å². The summed E-state index contributed by atoms with van der Waals surface area (Å²) in [7, 11) is 0. The van der Waals surface area contributed by atoms with Crippen molar-refractivity contribution in [2.45, 2.75) is 19.8 Å². The molecule has 0 radical (unpaired) electrons. The van der Waals surface area contributed by atoms with Crippen LogP contribution in [-0.4, -0.2) is 20.7 Å². The smallest absolute Gasteiger partial charge is 0.339 e. The molecule has 0 aromatic carbocycles. The van der Waals surface area contributed by atoms with E-state index in [1.54, 1.807) is 10.6 Å². The van der Waals surface area contributed by atoms with Crippen LogP contribution in [0.2, 0.25) is 0 Å². The van der Waals surface area contributed by atoms with Gasteiger partial charge in [-0.15, -0.1) is 0 Å². The predicted octanol–water partition coefficient (Wildman–Crippen LogP) is 1.98. The van der Waals surface area contributed by atoms with Crippen molar-refractivity contribution >= 4 is 11.5 Å². The van der Waals surface area contributed by atoms with Crippen LogP contribution in [0.15, 0.2) is 24.4 Å². The van der Waals surface area contributed by atoms with Gasteiger partial charge in [-0.1, -0.05) is 19.4 Å². The summed E-state index contributed by atoms with van der Waals surface area (Å²) >= 11 is 0. The summed E-state index contributed by atoms with van der Waals surface area (Å²) in [5.74, 6) is -0.932. The molecule has 0 bridgehead atoms. The number of nitrogens with zero attached hydrogens (tertiary/aromatic N) is 2. The number of aromatic carboxylic acids is 1. The van der Waals surface area contributed by atoms with Crippen LogP contribution in [0, 0.1) is 0 Å². The van der Waals surface area contributed by atoms with E-state index in [-0.39, 0.29) is 5.56 Å². The van der Waals surface area contributed by atoms with Gasteiger partial charge in [0.2, 0.25) is 0 Å². The van der Waals surface area contributed by atoms with E-state index in [0.717, 1.165) is 18.5 Å².